The summed E-state index contributed by atoms with van der Waals surface area (Å²) in [5.41, 5.74) is 2.25. The van der Waals surface area contributed by atoms with Gasteiger partial charge in [0, 0.05) is 43.5 Å². The predicted octanol–water partition coefficient (Wildman–Crippen LogP) is 4.74. The molecule has 0 N–H and O–H groups in total. The molecule has 5 rings (SSSR count). The zero-order chi connectivity index (χ0) is 20.3. The maximum Gasteiger partial charge on any atom is 0.286 e. The van der Waals surface area contributed by atoms with Crippen LogP contribution in [0, 0.1) is 0 Å². The van der Waals surface area contributed by atoms with Crippen molar-refractivity contribution in [3.8, 4) is 11.3 Å². The molecular weight excluding hydrogens is 394 g/mol. The average Bonchev–Trinajstić information content (AvgIpc) is 3.42. The van der Waals surface area contributed by atoms with Gasteiger partial charge in [-0.3, -0.25) is 4.79 Å². The lowest BCUT2D eigenvalue weighted by molar-refractivity contribution is -0.113. The van der Waals surface area contributed by atoms with Crippen molar-refractivity contribution in [2.75, 3.05) is 31.1 Å². The topological polar surface area (TPSA) is 49.1 Å². The highest BCUT2D eigenvalue weighted by molar-refractivity contribution is 8.18. The molecular formula is C24H21N3O2S. The number of amides is 1. The number of carbonyl (C=O) groups excluding carboxylic acids is 1. The third-order valence-electron chi connectivity index (χ3n) is 5.24. The van der Waals surface area contributed by atoms with Crippen molar-refractivity contribution in [3.05, 3.63) is 83.5 Å². The van der Waals surface area contributed by atoms with Crippen LogP contribution in [0.1, 0.15) is 5.76 Å². The molecule has 2 aliphatic rings. The molecule has 0 bridgehead atoms. The molecule has 6 heteroatoms. The fourth-order valence-electron chi connectivity index (χ4n) is 3.65. The van der Waals surface area contributed by atoms with Gasteiger partial charge < -0.3 is 14.2 Å². The first-order chi connectivity index (χ1) is 14.8. The number of aliphatic imine (C=N–C) groups is 1. The highest BCUT2D eigenvalue weighted by Crippen LogP contribution is 2.32. The monoisotopic (exact) mass is 415 g/mol. The van der Waals surface area contributed by atoms with Crippen LogP contribution in [0.3, 0.4) is 0 Å². The van der Waals surface area contributed by atoms with Crippen molar-refractivity contribution in [3.63, 3.8) is 0 Å². The van der Waals surface area contributed by atoms with Gasteiger partial charge in [-0.2, -0.15) is 4.99 Å². The summed E-state index contributed by atoms with van der Waals surface area (Å²) in [5, 5.41) is 0.786. The number of furan rings is 1. The number of para-hydroxylation sites is 1. The van der Waals surface area contributed by atoms with E-state index in [0.717, 1.165) is 42.7 Å². The normalized spacial score (nSPS) is 18.2. The van der Waals surface area contributed by atoms with Gasteiger partial charge in [-0.05, 0) is 36.0 Å². The Balaban J connectivity index is 1.24. The highest BCUT2D eigenvalue weighted by Gasteiger charge is 2.28. The van der Waals surface area contributed by atoms with E-state index in [1.54, 1.807) is 6.08 Å². The van der Waals surface area contributed by atoms with Gasteiger partial charge in [-0.15, -0.1) is 0 Å². The first-order valence-corrected chi connectivity index (χ1v) is 10.8. The summed E-state index contributed by atoms with van der Waals surface area (Å²) in [7, 11) is 0. The number of piperazine rings is 1. The Morgan fingerprint density at radius 2 is 1.50 bits per heavy atom. The summed E-state index contributed by atoms with van der Waals surface area (Å²) < 4.78 is 5.91. The quantitative estimate of drug-likeness (QED) is 0.579. The lowest BCUT2D eigenvalue weighted by atomic mass is 10.2. The number of anilines is 1. The second-order valence-corrected chi connectivity index (χ2v) is 8.20. The van der Waals surface area contributed by atoms with Crippen molar-refractivity contribution in [2.45, 2.75) is 0 Å². The standard InChI is InChI=1S/C24H21N3O2S/c28-23-22(17-20-11-12-21(29-20)18-7-3-1-4-8-18)30-24(25-23)27-15-13-26(14-16-27)19-9-5-2-6-10-19/h1-12,17H,13-16H2/b22-17-. The zero-order valence-corrected chi connectivity index (χ0v) is 17.2. The van der Waals surface area contributed by atoms with Crippen LogP contribution in [0.25, 0.3) is 17.4 Å². The molecule has 0 saturated carbocycles. The molecule has 2 aromatic carbocycles. The Morgan fingerprint density at radius 1 is 0.833 bits per heavy atom. The van der Waals surface area contributed by atoms with Crippen molar-refractivity contribution >= 4 is 34.6 Å². The van der Waals surface area contributed by atoms with Crippen molar-refractivity contribution in [1.82, 2.24) is 4.90 Å². The van der Waals surface area contributed by atoms with E-state index in [9.17, 15) is 4.79 Å². The maximum atomic E-state index is 12.4. The van der Waals surface area contributed by atoms with E-state index in [2.05, 4.69) is 39.1 Å². The molecule has 1 aromatic heterocycles. The van der Waals surface area contributed by atoms with Gasteiger partial charge in [-0.1, -0.05) is 48.5 Å². The molecule has 5 nitrogen and oxygen atoms in total. The molecule has 30 heavy (non-hydrogen) atoms. The van der Waals surface area contributed by atoms with Crippen LogP contribution < -0.4 is 4.90 Å². The van der Waals surface area contributed by atoms with Gasteiger partial charge in [0.15, 0.2) is 5.17 Å². The zero-order valence-electron chi connectivity index (χ0n) is 16.4. The molecule has 1 fully saturated rings. The number of nitrogens with zero attached hydrogens (tertiary/aromatic N) is 3. The Morgan fingerprint density at radius 3 is 2.23 bits per heavy atom. The largest absolute Gasteiger partial charge is 0.457 e. The van der Waals surface area contributed by atoms with E-state index in [-0.39, 0.29) is 5.91 Å². The lowest BCUT2D eigenvalue weighted by Gasteiger charge is -2.36. The molecule has 150 valence electrons. The summed E-state index contributed by atoms with van der Waals surface area (Å²) >= 11 is 1.43. The van der Waals surface area contributed by atoms with E-state index in [1.807, 2.05) is 48.5 Å². The highest BCUT2D eigenvalue weighted by atomic mass is 32.2. The van der Waals surface area contributed by atoms with Gasteiger partial charge in [-0.25, -0.2) is 0 Å². The number of carbonyl (C=O) groups is 1. The maximum absolute atomic E-state index is 12.4. The van der Waals surface area contributed by atoms with Gasteiger partial charge >= 0.3 is 0 Å². The molecule has 1 saturated heterocycles. The van der Waals surface area contributed by atoms with E-state index in [1.165, 1.54) is 17.4 Å². The van der Waals surface area contributed by atoms with Crippen molar-refractivity contribution in [2.24, 2.45) is 4.99 Å². The first-order valence-electron chi connectivity index (χ1n) is 9.99. The molecule has 0 atom stereocenters. The minimum atomic E-state index is -0.196. The van der Waals surface area contributed by atoms with Gasteiger partial charge in [0.25, 0.3) is 5.91 Å². The van der Waals surface area contributed by atoms with E-state index in [4.69, 9.17) is 4.42 Å². The summed E-state index contributed by atoms with van der Waals surface area (Å²) in [6.07, 6.45) is 1.79. The van der Waals surface area contributed by atoms with Gasteiger partial charge in [0.05, 0.1) is 4.91 Å². The van der Waals surface area contributed by atoms with E-state index < -0.39 is 0 Å². The Kier molecular flexibility index (Phi) is 5.15. The fraction of sp³-hybridized carbons (Fsp3) is 0.167. The van der Waals surface area contributed by atoms with Crippen LogP contribution in [-0.4, -0.2) is 42.2 Å². The van der Waals surface area contributed by atoms with Crippen LogP contribution in [0.5, 0.6) is 0 Å². The number of rotatable bonds is 3. The number of hydrogen-bond donors (Lipinski definition) is 0. The number of thioether (sulfide) groups is 1. The molecule has 2 aliphatic heterocycles. The second-order valence-electron chi connectivity index (χ2n) is 7.19. The van der Waals surface area contributed by atoms with E-state index in [0.29, 0.717) is 10.7 Å². The van der Waals surface area contributed by atoms with Gasteiger partial charge in [0.2, 0.25) is 0 Å². The molecule has 0 aliphatic carbocycles. The Hall–Kier alpha value is -3.25. The molecule has 1 amide bonds. The number of hydrogen-bond acceptors (Lipinski definition) is 5. The fourth-order valence-corrected chi connectivity index (χ4v) is 4.59. The third kappa shape index (κ3) is 3.91. The molecule has 3 aromatic rings. The summed E-state index contributed by atoms with van der Waals surface area (Å²) in [5.74, 6) is 1.25. The van der Waals surface area contributed by atoms with Crippen LogP contribution in [0.15, 0.2) is 87.1 Å². The predicted molar refractivity (Wildman–Crippen MR) is 122 cm³/mol. The summed E-state index contributed by atoms with van der Waals surface area (Å²) in [4.78, 5) is 21.9. The molecule has 0 unspecified atom stereocenters. The SMILES string of the molecule is O=C1N=C(N2CCN(c3ccccc3)CC2)S/C1=C\c1ccc(-c2ccccc2)o1. The smallest absolute Gasteiger partial charge is 0.286 e. The van der Waals surface area contributed by atoms with E-state index >= 15 is 0 Å². The third-order valence-corrected chi connectivity index (χ3v) is 6.28. The molecule has 3 heterocycles. The summed E-state index contributed by atoms with van der Waals surface area (Å²) in [6, 6.07) is 24.2. The molecule has 0 spiro atoms. The molecule has 0 radical (unpaired) electrons. The van der Waals surface area contributed by atoms with Crippen LogP contribution in [0.2, 0.25) is 0 Å². The minimum Gasteiger partial charge on any atom is -0.457 e. The average molecular weight is 416 g/mol. The van der Waals surface area contributed by atoms with Crippen LogP contribution >= 0.6 is 11.8 Å². The minimum absolute atomic E-state index is 0.196. The Bertz CT molecular complexity index is 1100. The van der Waals surface area contributed by atoms with Crippen LogP contribution in [-0.2, 0) is 4.79 Å². The van der Waals surface area contributed by atoms with Gasteiger partial charge in [0.1, 0.15) is 11.5 Å². The second kappa shape index (κ2) is 8.24. The van der Waals surface area contributed by atoms with Crippen molar-refractivity contribution < 1.29 is 9.21 Å². The first kappa shape index (κ1) is 18.8. The Labute approximate surface area is 179 Å². The van der Waals surface area contributed by atoms with Crippen LogP contribution in [0.4, 0.5) is 5.69 Å². The van der Waals surface area contributed by atoms with Crippen molar-refractivity contribution in [1.29, 1.82) is 0 Å². The lowest BCUT2D eigenvalue weighted by Crippen LogP contribution is -2.47. The number of benzene rings is 2. The number of amidine groups is 1. The summed E-state index contributed by atoms with van der Waals surface area (Å²) in [6.45, 7) is 3.52.